The zero-order valence-electron chi connectivity index (χ0n) is 31.0. The summed E-state index contributed by atoms with van der Waals surface area (Å²) in [5.41, 5.74) is 15.7. The van der Waals surface area contributed by atoms with Crippen LogP contribution in [0.4, 0.5) is 17.1 Å². The van der Waals surface area contributed by atoms with Crippen molar-refractivity contribution in [2.75, 3.05) is 4.90 Å². The molecular weight excluding hydrogens is 695 g/mol. The first-order valence-electron chi connectivity index (χ1n) is 19.3. The molecule has 0 saturated heterocycles. The molecule has 268 valence electrons. The normalized spacial score (nSPS) is 11.5. The fraction of sp³-hybridized carbons (Fsp3) is 0. The van der Waals surface area contributed by atoms with Gasteiger partial charge in [-0.05, 0) is 100 Å². The van der Waals surface area contributed by atoms with Crippen LogP contribution < -0.4 is 4.90 Å². The van der Waals surface area contributed by atoms with Gasteiger partial charge in [0.05, 0.1) is 16.8 Å². The van der Waals surface area contributed by atoms with E-state index < -0.39 is 0 Å². The molecule has 11 rings (SSSR count). The van der Waals surface area contributed by atoms with E-state index in [1.165, 1.54) is 11.1 Å². The third-order valence-corrected chi connectivity index (χ3v) is 11.1. The minimum atomic E-state index is 0.852. The SMILES string of the molecule is c1ccc(-c2ccc(N(c3ccccc3)c3ccc(-c4cccc(-c5ccc6oc7ccccc7c6c5)c4)c4oc5ccccc5c34)c(-c3ccccc3)c2)cc1. The molecule has 0 N–H and O–H groups in total. The molecule has 0 radical (unpaired) electrons. The highest BCUT2D eigenvalue weighted by molar-refractivity contribution is 6.17. The Kier molecular flexibility index (Phi) is 7.82. The molecule has 0 spiro atoms. The number of rotatable bonds is 7. The maximum Gasteiger partial charge on any atom is 0.145 e. The van der Waals surface area contributed by atoms with Gasteiger partial charge in [-0.1, -0.05) is 146 Å². The van der Waals surface area contributed by atoms with Gasteiger partial charge in [0.15, 0.2) is 0 Å². The molecule has 11 aromatic rings. The van der Waals surface area contributed by atoms with Crippen LogP contribution in [-0.2, 0) is 0 Å². The van der Waals surface area contributed by atoms with Gasteiger partial charge in [0.2, 0.25) is 0 Å². The zero-order valence-corrected chi connectivity index (χ0v) is 31.0. The summed E-state index contributed by atoms with van der Waals surface area (Å²) in [6.07, 6.45) is 0. The molecule has 0 bridgehead atoms. The van der Waals surface area contributed by atoms with Crippen molar-refractivity contribution in [3.63, 3.8) is 0 Å². The van der Waals surface area contributed by atoms with Gasteiger partial charge < -0.3 is 13.7 Å². The van der Waals surface area contributed by atoms with E-state index in [0.717, 1.165) is 94.3 Å². The van der Waals surface area contributed by atoms with E-state index in [0.29, 0.717) is 0 Å². The molecule has 57 heavy (non-hydrogen) atoms. The molecule has 0 aliphatic rings. The molecule has 2 aromatic heterocycles. The first-order chi connectivity index (χ1) is 28.3. The maximum absolute atomic E-state index is 6.89. The molecular formula is C54H35NO2. The summed E-state index contributed by atoms with van der Waals surface area (Å²) in [7, 11) is 0. The van der Waals surface area contributed by atoms with Crippen molar-refractivity contribution >= 4 is 60.9 Å². The van der Waals surface area contributed by atoms with Crippen molar-refractivity contribution in [1.29, 1.82) is 0 Å². The van der Waals surface area contributed by atoms with Crippen LogP contribution >= 0.6 is 0 Å². The van der Waals surface area contributed by atoms with Crippen LogP contribution in [0.25, 0.3) is 88.4 Å². The van der Waals surface area contributed by atoms with Gasteiger partial charge >= 0.3 is 0 Å². The van der Waals surface area contributed by atoms with Crippen molar-refractivity contribution in [2.24, 2.45) is 0 Å². The minimum Gasteiger partial charge on any atom is -0.456 e. The third kappa shape index (κ3) is 5.68. The number of anilines is 3. The molecule has 0 fully saturated rings. The van der Waals surface area contributed by atoms with E-state index in [9.17, 15) is 0 Å². The van der Waals surface area contributed by atoms with Crippen LogP contribution in [0.5, 0.6) is 0 Å². The standard InChI is InChI=1S/C54H35NO2/c1-4-15-36(16-5-1)39-27-30-48(46(34-39)37-17-6-2-7-18-37)55(42-21-8-3-9-22-42)49-31-29-43(54-53(49)45-24-11-13-26-51(45)57-54)41-20-14-19-38(33-41)40-28-32-52-47(35-40)44-23-10-12-25-50(44)56-52/h1-35H. The lowest BCUT2D eigenvalue weighted by atomic mass is 9.94. The van der Waals surface area contributed by atoms with E-state index in [-0.39, 0.29) is 0 Å². The van der Waals surface area contributed by atoms with E-state index in [4.69, 9.17) is 8.83 Å². The zero-order chi connectivity index (χ0) is 37.7. The summed E-state index contributed by atoms with van der Waals surface area (Å²) >= 11 is 0. The second-order valence-electron chi connectivity index (χ2n) is 14.5. The second-order valence-corrected chi connectivity index (χ2v) is 14.5. The summed E-state index contributed by atoms with van der Waals surface area (Å²) in [5, 5.41) is 4.37. The quantitative estimate of drug-likeness (QED) is 0.164. The molecule has 0 atom stereocenters. The summed E-state index contributed by atoms with van der Waals surface area (Å²) in [5.74, 6) is 0. The van der Waals surface area contributed by atoms with Gasteiger partial charge in [-0.25, -0.2) is 0 Å². The predicted molar refractivity (Wildman–Crippen MR) is 237 cm³/mol. The topological polar surface area (TPSA) is 29.5 Å². The Morgan fingerprint density at radius 3 is 1.65 bits per heavy atom. The molecule has 0 unspecified atom stereocenters. The highest BCUT2D eigenvalue weighted by Crippen LogP contribution is 2.49. The van der Waals surface area contributed by atoms with E-state index >= 15 is 0 Å². The highest BCUT2D eigenvalue weighted by Gasteiger charge is 2.24. The van der Waals surface area contributed by atoms with Crippen molar-refractivity contribution in [3.05, 3.63) is 212 Å². The number of hydrogen-bond donors (Lipinski definition) is 0. The summed E-state index contributed by atoms with van der Waals surface area (Å²) in [6, 6.07) is 75.1. The number of furan rings is 2. The van der Waals surface area contributed by atoms with Gasteiger partial charge in [0.25, 0.3) is 0 Å². The largest absolute Gasteiger partial charge is 0.456 e. The fourth-order valence-corrected chi connectivity index (χ4v) is 8.37. The average molecular weight is 730 g/mol. The second kappa shape index (κ2) is 13.6. The van der Waals surface area contributed by atoms with Crippen LogP contribution in [0.15, 0.2) is 221 Å². The molecule has 0 amide bonds. The Labute approximate surface area is 330 Å². The minimum absolute atomic E-state index is 0.852. The van der Waals surface area contributed by atoms with Crippen molar-refractivity contribution in [3.8, 4) is 44.5 Å². The Bertz CT molecular complexity index is 3230. The third-order valence-electron chi connectivity index (χ3n) is 11.1. The maximum atomic E-state index is 6.89. The van der Waals surface area contributed by atoms with Gasteiger partial charge in [-0.3, -0.25) is 0 Å². The van der Waals surface area contributed by atoms with E-state index in [2.05, 4.69) is 199 Å². The number of fused-ring (bicyclic) bond motifs is 6. The van der Waals surface area contributed by atoms with Crippen molar-refractivity contribution < 1.29 is 8.83 Å². The number of benzene rings is 9. The number of hydrogen-bond acceptors (Lipinski definition) is 3. The summed E-state index contributed by atoms with van der Waals surface area (Å²) in [4.78, 5) is 2.39. The fourth-order valence-electron chi connectivity index (χ4n) is 8.37. The van der Waals surface area contributed by atoms with Crippen LogP contribution in [0.1, 0.15) is 0 Å². The molecule has 3 heteroatoms. The molecule has 0 aliphatic carbocycles. The van der Waals surface area contributed by atoms with Gasteiger partial charge in [-0.15, -0.1) is 0 Å². The predicted octanol–water partition coefficient (Wildman–Crippen LogP) is 15.6. The van der Waals surface area contributed by atoms with Crippen LogP contribution in [0, 0.1) is 0 Å². The molecule has 0 saturated carbocycles. The van der Waals surface area contributed by atoms with Crippen molar-refractivity contribution in [2.45, 2.75) is 0 Å². The lowest BCUT2D eigenvalue weighted by molar-refractivity contribution is 0.669. The Morgan fingerprint density at radius 1 is 0.298 bits per heavy atom. The Hall–Kier alpha value is -7.62. The van der Waals surface area contributed by atoms with Crippen LogP contribution in [0.2, 0.25) is 0 Å². The van der Waals surface area contributed by atoms with Gasteiger partial charge in [0.1, 0.15) is 22.3 Å². The van der Waals surface area contributed by atoms with Gasteiger partial charge in [-0.2, -0.15) is 0 Å². The Morgan fingerprint density at radius 2 is 0.860 bits per heavy atom. The van der Waals surface area contributed by atoms with Crippen LogP contribution in [0.3, 0.4) is 0 Å². The van der Waals surface area contributed by atoms with E-state index in [1.807, 2.05) is 18.2 Å². The molecule has 2 heterocycles. The van der Waals surface area contributed by atoms with Gasteiger partial charge in [0, 0.05) is 33.0 Å². The lowest BCUT2D eigenvalue weighted by Crippen LogP contribution is -2.12. The summed E-state index contributed by atoms with van der Waals surface area (Å²) in [6.45, 7) is 0. The van der Waals surface area contributed by atoms with Crippen LogP contribution in [-0.4, -0.2) is 0 Å². The molecule has 3 nitrogen and oxygen atoms in total. The highest BCUT2D eigenvalue weighted by atomic mass is 16.3. The summed E-state index contributed by atoms with van der Waals surface area (Å²) < 4.78 is 13.0. The van der Waals surface area contributed by atoms with E-state index in [1.54, 1.807) is 0 Å². The number of para-hydroxylation sites is 3. The average Bonchev–Trinajstić information content (AvgIpc) is 3.87. The Balaban J connectivity index is 1.12. The first-order valence-corrected chi connectivity index (χ1v) is 19.3. The van der Waals surface area contributed by atoms with Crippen molar-refractivity contribution in [1.82, 2.24) is 0 Å². The smallest absolute Gasteiger partial charge is 0.145 e. The molecule has 9 aromatic carbocycles. The first kappa shape index (κ1) is 32.8. The number of nitrogens with zero attached hydrogens (tertiary/aromatic N) is 1. The lowest BCUT2D eigenvalue weighted by Gasteiger charge is -2.29. The monoisotopic (exact) mass is 729 g/mol. The molecule has 0 aliphatic heterocycles.